The molecule has 0 bridgehead atoms. The first kappa shape index (κ1) is 11.9. The zero-order chi connectivity index (χ0) is 9.80. The third-order valence-corrected chi connectivity index (χ3v) is 2.00. The van der Waals surface area contributed by atoms with E-state index in [1.807, 2.05) is 12.1 Å². The fourth-order valence-corrected chi connectivity index (χ4v) is 1.19. The largest absolute Gasteiger partial charge is 0.486 e. The van der Waals surface area contributed by atoms with E-state index < -0.39 is 0 Å². The molecule has 80 valence electrons. The van der Waals surface area contributed by atoms with Crippen LogP contribution in [0, 0.1) is 0 Å². The lowest BCUT2D eigenvalue weighted by molar-refractivity contribution is 0.297. The van der Waals surface area contributed by atoms with Crippen molar-refractivity contribution in [3.8, 4) is 5.75 Å². The maximum absolute atomic E-state index is 5.74. The summed E-state index contributed by atoms with van der Waals surface area (Å²) in [4.78, 5) is 7.00. The third-order valence-electron chi connectivity index (χ3n) is 1.74. The Bertz CT molecular complexity index is 386. The highest BCUT2D eigenvalue weighted by atomic mass is 35.5. The normalized spacial score (nSPS) is 9.40. The Balaban J connectivity index is 0.00000112. The van der Waals surface area contributed by atoms with Gasteiger partial charge in [0.25, 0.3) is 0 Å². The van der Waals surface area contributed by atoms with Crippen LogP contribution in [0.2, 0.25) is 5.02 Å². The molecule has 0 unspecified atom stereocenters. The maximum Gasteiger partial charge on any atom is 0.146 e. The first-order valence-corrected chi connectivity index (χ1v) is 4.59. The van der Waals surface area contributed by atoms with Crippen molar-refractivity contribution in [3.05, 3.63) is 47.5 Å². The second kappa shape index (κ2) is 5.63. The lowest BCUT2D eigenvalue weighted by Gasteiger charge is -2.03. The van der Waals surface area contributed by atoms with Crippen LogP contribution in [-0.4, -0.2) is 9.97 Å². The van der Waals surface area contributed by atoms with E-state index in [9.17, 15) is 0 Å². The Morgan fingerprint density at radius 2 is 2.00 bits per heavy atom. The zero-order valence-electron chi connectivity index (χ0n) is 7.81. The molecule has 2 rings (SSSR count). The number of halogens is 2. The monoisotopic (exact) mass is 244 g/mol. The average molecular weight is 245 g/mol. The molecular formula is C10H10Cl2N2O. The first-order valence-electron chi connectivity index (χ1n) is 4.21. The van der Waals surface area contributed by atoms with E-state index >= 15 is 0 Å². The van der Waals surface area contributed by atoms with Gasteiger partial charge in [0.1, 0.15) is 18.2 Å². The van der Waals surface area contributed by atoms with Gasteiger partial charge in [0, 0.05) is 17.4 Å². The molecule has 0 aliphatic carbocycles. The predicted octanol–water partition coefficient (Wildman–Crippen LogP) is 3.06. The molecule has 0 amide bonds. The van der Waals surface area contributed by atoms with E-state index in [-0.39, 0.29) is 12.4 Å². The zero-order valence-corrected chi connectivity index (χ0v) is 9.39. The van der Waals surface area contributed by atoms with Crippen molar-refractivity contribution in [1.29, 1.82) is 0 Å². The minimum absolute atomic E-state index is 0. The van der Waals surface area contributed by atoms with E-state index in [0.29, 0.717) is 11.6 Å². The number of rotatable bonds is 3. The minimum Gasteiger partial charge on any atom is -0.486 e. The molecule has 0 saturated heterocycles. The van der Waals surface area contributed by atoms with Gasteiger partial charge in [-0.25, -0.2) is 4.98 Å². The van der Waals surface area contributed by atoms with E-state index in [4.69, 9.17) is 16.3 Å². The van der Waals surface area contributed by atoms with Crippen molar-refractivity contribution in [3.63, 3.8) is 0 Å². The van der Waals surface area contributed by atoms with Crippen LogP contribution in [0.3, 0.4) is 0 Å². The van der Waals surface area contributed by atoms with Gasteiger partial charge in [-0.1, -0.05) is 11.6 Å². The number of imidazole rings is 1. The highest BCUT2D eigenvalue weighted by Gasteiger charge is 1.96. The highest BCUT2D eigenvalue weighted by Crippen LogP contribution is 2.16. The second-order valence-corrected chi connectivity index (χ2v) is 3.21. The van der Waals surface area contributed by atoms with Crippen molar-refractivity contribution >= 4 is 24.0 Å². The van der Waals surface area contributed by atoms with E-state index in [1.54, 1.807) is 24.5 Å². The molecule has 1 aromatic carbocycles. The van der Waals surface area contributed by atoms with Gasteiger partial charge < -0.3 is 9.72 Å². The molecule has 0 aliphatic rings. The molecule has 3 nitrogen and oxygen atoms in total. The molecule has 0 spiro atoms. The Hall–Kier alpha value is -1.19. The SMILES string of the molecule is Cl.Clc1ccc(OCc2ncc[nH]2)cc1. The lowest BCUT2D eigenvalue weighted by atomic mass is 10.3. The fourth-order valence-electron chi connectivity index (χ4n) is 1.06. The van der Waals surface area contributed by atoms with Crippen LogP contribution in [0.15, 0.2) is 36.7 Å². The molecule has 15 heavy (non-hydrogen) atoms. The number of aromatic amines is 1. The summed E-state index contributed by atoms with van der Waals surface area (Å²) in [6.07, 6.45) is 3.46. The molecule has 0 radical (unpaired) electrons. The summed E-state index contributed by atoms with van der Waals surface area (Å²) in [6, 6.07) is 7.23. The van der Waals surface area contributed by atoms with E-state index in [1.165, 1.54) is 0 Å². The standard InChI is InChI=1S/C10H9ClN2O.ClH/c11-8-1-3-9(4-2-8)14-7-10-12-5-6-13-10;/h1-6H,7H2,(H,12,13);1H. The molecule has 0 fully saturated rings. The summed E-state index contributed by atoms with van der Waals surface area (Å²) in [5.41, 5.74) is 0. The smallest absolute Gasteiger partial charge is 0.146 e. The van der Waals surface area contributed by atoms with Crippen molar-refractivity contribution < 1.29 is 4.74 Å². The Kier molecular flexibility index (Phi) is 4.46. The van der Waals surface area contributed by atoms with Crippen molar-refractivity contribution in [1.82, 2.24) is 9.97 Å². The van der Waals surface area contributed by atoms with Crippen LogP contribution < -0.4 is 4.74 Å². The number of H-pyrrole nitrogens is 1. The molecular weight excluding hydrogens is 235 g/mol. The van der Waals surface area contributed by atoms with Crippen molar-refractivity contribution in [2.24, 2.45) is 0 Å². The summed E-state index contributed by atoms with van der Waals surface area (Å²) in [5.74, 6) is 1.59. The summed E-state index contributed by atoms with van der Waals surface area (Å²) >= 11 is 5.74. The number of hydrogen-bond acceptors (Lipinski definition) is 2. The summed E-state index contributed by atoms with van der Waals surface area (Å²) in [6.45, 7) is 0.439. The Morgan fingerprint density at radius 1 is 1.27 bits per heavy atom. The van der Waals surface area contributed by atoms with Crippen molar-refractivity contribution in [2.45, 2.75) is 6.61 Å². The fraction of sp³-hybridized carbons (Fsp3) is 0.100. The Labute approximate surface area is 98.9 Å². The van der Waals surface area contributed by atoms with Gasteiger partial charge in [-0.3, -0.25) is 0 Å². The summed E-state index contributed by atoms with van der Waals surface area (Å²) < 4.78 is 5.45. The van der Waals surface area contributed by atoms with Gasteiger partial charge in [0.2, 0.25) is 0 Å². The number of nitrogens with one attached hydrogen (secondary N) is 1. The lowest BCUT2D eigenvalue weighted by Crippen LogP contribution is -1.96. The summed E-state index contributed by atoms with van der Waals surface area (Å²) in [5, 5.41) is 0.704. The number of nitrogens with zero attached hydrogens (tertiary/aromatic N) is 1. The van der Waals surface area contributed by atoms with E-state index in [2.05, 4.69) is 9.97 Å². The molecule has 1 heterocycles. The minimum atomic E-state index is 0. The summed E-state index contributed by atoms with van der Waals surface area (Å²) in [7, 11) is 0. The second-order valence-electron chi connectivity index (χ2n) is 2.78. The maximum atomic E-state index is 5.74. The molecule has 2 aromatic rings. The average Bonchev–Trinajstić information content (AvgIpc) is 2.70. The molecule has 0 aliphatic heterocycles. The number of aromatic nitrogens is 2. The van der Waals surface area contributed by atoms with Gasteiger partial charge >= 0.3 is 0 Å². The topological polar surface area (TPSA) is 37.9 Å². The van der Waals surface area contributed by atoms with Gasteiger partial charge in [-0.05, 0) is 24.3 Å². The molecule has 1 aromatic heterocycles. The van der Waals surface area contributed by atoms with Crippen LogP contribution >= 0.6 is 24.0 Å². The molecule has 5 heteroatoms. The third kappa shape index (κ3) is 3.46. The molecule has 0 saturated carbocycles. The predicted molar refractivity (Wildman–Crippen MR) is 61.6 cm³/mol. The number of benzene rings is 1. The van der Waals surface area contributed by atoms with Crippen LogP contribution in [-0.2, 0) is 6.61 Å². The first-order chi connectivity index (χ1) is 6.84. The number of ether oxygens (including phenoxy) is 1. The van der Waals surface area contributed by atoms with Crippen LogP contribution in [0.4, 0.5) is 0 Å². The highest BCUT2D eigenvalue weighted by molar-refractivity contribution is 6.30. The van der Waals surface area contributed by atoms with Crippen LogP contribution in [0.5, 0.6) is 5.75 Å². The van der Waals surface area contributed by atoms with Gasteiger partial charge in [-0.15, -0.1) is 12.4 Å². The number of hydrogen-bond donors (Lipinski definition) is 1. The van der Waals surface area contributed by atoms with Crippen LogP contribution in [0.25, 0.3) is 0 Å². The van der Waals surface area contributed by atoms with Gasteiger partial charge in [0.15, 0.2) is 0 Å². The van der Waals surface area contributed by atoms with Crippen LogP contribution in [0.1, 0.15) is 5.82 Å². The van der Waals surface area contributed by atoms with Gasteiger partial charge in [-0.2, -0.15) is 0 Å². The molecule has 1 N–H and O–H groups in total. The van der Waals surface area contributed by atoms with Gasteiger partial charge in [0.05, 0.1) is 0 Å². The molecule has 0 atom stereocenters. The quantitative estimate of drug-likeness (QED) is 0.902. The van der Waals surface area contributed by atoms with E-state index in [0.717, 1.165) is 11.6 Å². The van der Waals surface area contributed by atoms with Crippen molar-refractivity contribution in [2.75, 3.05) is 0 Å². The Morgan fingerprint density at radius 3 is 2.60 bits per heavy atom.